The van der Waals surface area contributed by atoms with Crippen LogP contribution in [0.2, 0.25) is 0 Å². The minimum absolute atomic E-state index is 0.218. The van der Waals surface area contributed by atoms with E-state index in [1.807, 2.05) is 44.2 Å². The van der Waals surface area contributed by atoms with E-state index in [1.165, 1.54) is 17.4 Å². The number of benzene rings is 1. The average molecular weight is 365 g/mol. The van der Waals surface area contributed by atoms with Gasteiger partial charge in [0.25, 0.3) is 0 Å². The number of hydrogen-bond donors (Lipinski definition) is 1. The van der Waals surface area contributed by atoms with E-state index < -0.39 is 0 Å². The maximum Gasteiger partial charge on any atom is 0.248 e. The first-order valence-electron chi connectivity index (χ1n) is 7.92. The summed E-state index contributed by atoms with van der Waals surface area (Å²) >= 11 is 1.45. The van der Waals surface area contributed by atoms with Crippen LogP contribution in [0.4, 0.5) is 5.69 Å². The standard InChI is InChI=1S/C18H15N5O2S/c1-11(15-7-4-8-25-15)9-16(24)19-14-6-3-5-13(10-14)17-22-23-12(2)20-21-18(23)26-17/h3-10H,1-2H3,(H,19,24). The number of allylic oxidation sites excluding steroid dienone is 1. The number of rotatable bonds is 4. The zero-order valence-electron chi connectivity index (χ0n) is 14.1. The van der Waals surface area contributed by atoms with Crippen LogP contribution in [0, 0.1) is 6.92 Å². The molecule has 3 aromatic heterocycles. The maximum absolute atomic E-state index is 12.2. The van der Waals surface area contributed by atoms with Gasteiger partial charge in [-0.25, -0.2) is 0 Å². The summed E-state index contributed by atoms with van der Waals surface area (Å²) in [4.78, 5) is 13.0. The van der Waals surface area contributed by atoms with Crippen LogP contribution in [0.1, 0.15) is 18.5 Å². The predicted molar refractivity (Wildman–Crippen MR) is 99.8 cm³/mol. The molecule has 0 radical (unpaired) electrons. The van der Waals surface area contributed by atoms with Gasteiger partial charge in [-0.1, -0.05) is 23.5 Å². The number of aryl methyl sites for hydroxylation is 1. The molecule has 1 N–H and O–H groups in total. The van der Waals surface area contributed by atoms with Crippen molar-refractivity contribution in [3.8, 4) is 10.6 Å². The van der Waals surface area contributed by atoms with Crippen molar-refractivity contribution in [3.05, 3.63) is 60.3 Å². The van der Waals surface area contributed by atoms with Crippen molar-refractivity contribution in [2.24, 2.45) is 0 Å². The molecule has 0 saturated carbocycles. The number of furan rings is 1. The second-order valence-electron chi connectivity index (χ2n) is 5.72. The molecule has 0 aliphatic rings. The summed E-state index contributed by atoms with van der Waals surface area (Å²) in [6, 6.07) is 11.1. The quantitative estimate of drug-likeness (QED) is 0.556. The molecule has 0 atom stereocenters. The summed E-state index contributed by atoms with van der Waals surface area (Å²) in [6.07, 6.45) is 3.09. The number of aromatic nitrogens is 4. The number of carbonyl (C=O) groups excluding carboxylic acids is 1. The monoisotopic (exact) mass is 365 g/mol. The number of fused-ring (bicyclic) bond motifs is 1. The molecule has 7 nitrogen and oxygen atoms in total. The van der Waals surface area contributed by atoms with Gasteiger partial charge in [-0.2, -0.15) is 9.61 Å². The van der Waals surface area contributed by atoms with Crippen LogP contribution in [-0.2, 0) is 4.79 Å². The van der Waals surface area contributed by atoms with E-state index in [2.05, 4.69) is 20.6 Å². The van der Waals surface area contributed by atoms with Crippen molar-refractivity contribution >= 4 is 33.5 Å². The number of anilines is 1. The van der Waals surface area contributed by atoms with Crippen molar-refractivity contribution in [1.82, 2.24) is 19.8 Å². The molecular weight excluding hydrogens is 350 g/mol. The molecule has 1 aromatic carbocycles. The summed E-state index contributed by atoms with van der Waals surface area (Å²) in [5.74, 6) is 1.19. The third-order valence-electron chi connectivity index (χ3n) is 3.78. The zero-order valence-corrected chi connectivity index (χ0v) is 14.9. The number of carbonyl (C=O) groups is 1. The Balaban J connectivity index is 1.55. The Morgan fingerprint density at radius 1 is 1.27 bits per heavy atom. The molecule has 0 aliphatic carbocycles. The molecule has 0 unspecified atom stereocenters. The smallest absolute Gasteiger partial charge is 0.248 e. The summed E-state index contributed by atoms with van der Waals surface area (Å²) in [6.45, 7) is 3.68. The number of amides is 1. The van der Waals surface area contributed by atoms with E-state index >= 15 is 0 Å². The largest absolute Gasteiger partial charge is 0.465 e. The molecule has 4 aromatic rings. The Kier molecular flexibility index (Phi) is 4.10. The highest BCUT2D eigenvalue weighted by molar-refractivity contribution is 7.19. The fraction of sp³-hybridized carbons (Fsp3) is 0.111. The third kappa shape index (κ3) is 3.14. The summed E-state index contributed by atoms with van der Waals surface area (Å²) in [5.41, 5.74) is 2.36. The number of nitrogens with one attached hydrogen (secondary N) is 1. The van der Waals surface area contributed by atoms with Crippen LogP contribution in [0.3, 0.4) is 0 Å². The van der Waals surface area contributed by atoms with Crippen molar-refractivity contribution in [2.45, 2.75) is 13.8 Å². The van der Waals surface area contributed by atoms with Gasteiger partial charge in [0.1, 0.15) is 10.8 Å². The molecule has 4 rings (SSSR count). The topological polar surface area (TPSA) is 85.3 Å². The van der Waals surface area contributed by atoms with Gasteiger partial charge in [0.15, 0.2) is 5.82 Å². The van der Waals surface area contributed by atoms with Crippen molar-refractivity contribution in [2.75, 3.05) is 5.32 Å². The number of nitrogens with zero attached hydrogens (tertiary/aromatic N) is 4. The van der Waals surface area contributed by atoms with Crippen LogP contribution >= 0.6 is 11.3 Å². The Labute approximate surface area is 153 Å². The fourth-order valence-corrected chi connectivity index (χ4v) is 3.39. The lowest BCUT2D eigenvalue weighted by molar-refractivity contribution is -0.111. The van der Waals surface area contributed by atoms with Crippen molar-refractivity contribution < 1.29 is 9.21 Å². The molecule has 0 saturated heterocycles. The SMILES string of the molecule is CC(=CC(=O)Nc1cccc(-c2nn3c(C)nnc3s2)c1)c1ccco1. The molecule has 8 heteroatoms. The summed E-state index contributed by atoms with van der Waals surface area (Å²) in [7, 11) is 0. The Hall–Kier alpha value is -3.26. The van der Waals surface area contributed by atoms with Crippen LogP contribution < -0.4 is 5.32 Å². The molecule has 130 valence electrons. The maximum atomic E-state index is 12.2. The van der Waals surface area contributed by atoms with E-state index in [1.54, 1.807) is 16.8 Å². The van der Waals surface area contributed by atoms with Crippen LogP contribution in [0.5, 0.6) is 0 Å². The van der Waals surface area contributed by atoms with Gasteiger partial charge in [0.05, 0.1) is 6.26 Å². The molecule has 3 heterocycles. The summed E-state index contributed by atoms with van der Waals surface area (Å²) < 4.78 is 6.99. The Morgan fingerprint density at radius 3 is 2.92 bits per heavy atom. The lowest BCUT2D eigenvalue weighted by Crippen LogP contribution is -2.08. The molecule has 0 aliphatic heterocycles. The average Bonchev–Trinajstić information content (AvgIpc) is 3.34. The Morgan fingerprint density at radius 2 is 2.15 bits per heavy atom. The third-order valence-corrected chi connectivity index (χ3v) is 4.73. The normalized spacial score (nSPS) is 11.8. The fourth-order valence-electron chi connectivity index (χ4n) is 2.51. The minimum Gasteiger partial charge on any atom is -0.465 e. The lowest BCUT2D eigenvalue weighted by atomic mass is 10.2. The summed E-state index contributed by atoms with van der Waals surface area (Å²) in [5, 5.41) is 16.3. The zero-order chi connectivity index (χ0) is 18.1. The van der Waals surface area contributed by atoms with Crippen LogP contribution in [-0.4, -0.2) is 25.7 Å². The van der Waals surface area contributed by atoms with Gasteiger partial charge in [-0.15, -0.1) is 10.2 Å². The molecule has 0 fully saturated rings. The first kappa shape index (κ1) is 16.2. The van der Waals surface area contributed by atoms with Gasteiger partial charge in [0, 0.05) is 17.3 Å². The van der Waals surface area contributed by atoms with Gasteiger partial charge in [0.2, 0.25) is 10.9 Å². The highest BCUT2D eigenvalue weighted by Gasteiger charge is 2.11. The van der Waals surface area contributed by atoms with E-state index in [-0.39, 0.29) is 5.91 Å². The van der Waals surface area contributed by atoms with Gasteiger partial charge in [-0.05, 0) is 43.7 Å². The molecule has 1 amide bonds. The minimum atomic E-state index is -0.218. The first-order valence-corrected chi connectivity index (χ1v) is 8.74. The lowest BCUT2D eigenvalue weighted by Gasteiger charge is -2.04. The van der Waals surface area contributed by atoms with E-state index in [9.17, 15) is 4.79 Å². The molecule has 0 spiro atoms. The van der Waals surface area contributed by atoms with Crippen molar-refractivity contribution in [1.29, 1.82) is 0 Å². The Bertz CT molecular complexity index is 1110. The van der Waals surface area contributed by atoms with Gasteiger partial charge < -0.3 is 9.73 Å². The van der Waals surface area contributed by atoms with Crippen LogP contribution in [0.15, 0.2) is 53.2 Å². The highest BCUT2D eigenvalue weighted by Crippen LogP contribution is 2.27. The predicted octanol–water partition coefficient (Wildman–Crippen LogP) is 3.80. The first-order chi connectivity index (χ1) is 12.6. The highest BCUT2D eigenvalue weighted by atomic mass is 32.1. The second-order valence-corrected chi connectivity index (χ2v) is 6.68. The second kappa shape index (κ2) is 6.57. The number of hydrogen-bond acceptors (Lipinski definition) is 6. The van der Waals surface area contributed by atoms with E-state index in [4.69, 9.17) is 4.42 Å². The van der Waals surface area contributed by atoms with E-state index in [0.29, 0.717) is 11.4 Å². The molecule has 26 heavy (non-hydrogen) atoms. The molecule has 0 bridgehead atoms. The van der Waals surface area contributed by atoms with Crippen molar-refractivity contribution in [3.63, 3.8) is 0 Å². The van der Waals surface area contributed by atoms with Gasteiger partial charge >= 0.3 is 0 Å². The van der Waals surface area contributed by atoms with E-state index in [0.717, 1.165) is 26.9 Å². The molecular formula is C18H15N5O2S. The van der Waals surface area contributed by atoms with Gasteiger partial charge in [-0.3, -0.25) is 4.79 Å². The van der Waals surface area contributed by atoms with Crippen LogP contribution in [0.25, 0.3) is 21.1 Å².